The molecular formula is C29H28F5N5O3. The van der Waals surface area contributed by atoms with E-state index in [0.29, 0.717) is 47.8 Å². The predicted molar refractivity (Wildman–Crippen MR) is 146 cm³/mol. The van der Waals surface area contributed by atoms with Crippen molar-refractivity contribution in [3.05, 3.63) is 83.2 Å². The third kappa shape index (κ3) is 5.90. The Balaban J connectivity index is 1.25. The van der Waals surface area contributed by atoms with Gasteiger partial charge >= 0.3 is 6.36 Å². The van der Waals surface area contributed by atoms with Crippen molar-refractivity contribution in [2.24, 2.45) is 0 Å². The summed E-state index contributed by atoms with van der Waals surface area (Å²) in [7, 11) is 1.51. The van der Waals surface area contributed by atoms with Gasteiger partial charge in [0.15, 0.2) is 11.6 Å². The van der Waals surface area contributed by atoms with Crippen molar-refractivity contribution in [1.29, 1.82) is 0 Å². The van der Waals surface area contributed by atoms with Crippen LogP contribution in [-0.2, 0) is 6.54 Å². The number of carbonyl (C=O) groups excluding carboxylic acids is 1. The molecule has 0 radical (unpaired) electrons. The number of rotatable bonds is 7. The lowest BCUT2D eigenvalue weighted by molar-refractivity contribution is -0.274. The van der Waals surface area contributed by atoms with Gasteiger partial charge < -0.3 is 24.6 Å². The molecule has 0 bridgehead atoms. The number of pyridine rings is 1. The summed E-state index contributed by atoms with van der Waals surface area (Å²) in [6.07, 6.45) is -3.11. The van der Waals surface area contributed by atoms with E-state index in [1.54, 1.807) is 34.7 Å². The molecule has 1 aliphatic heterocycles. The molecule has 0 saturated carbocycles. The first-order valence-electron chi connectivity index (χ1n) is 13.1. The second-order valence-electron chi connectivity index (χ2n) is 9.94. The van der Waals surface area contributed by atoms with Crippen molar-refractivity contribution < 1.29 is 36.2 Å². The number of alkyl halides is 3. The summed E-state index contributed by atoms with van der Waals surface area (Å²) in [5, 5.41) is 6.97. The summed E-state index contributed by atoms with van der Waals surface area (Å²) in [6, 6.07) is 11.7. The highest BCUT2D eigenvalue weighted by molar-refractivity contribution is 6.02. The van der Waals surface area contributed by atoms with E-state index in [1.165, 1.54) is 43.5 Å². The third-order valence-electron chi connectivity index (χ3n) is 7.20. The van der Waals surface area contributed by atoms with Crippen LogP contribution in [-0.4, -0.2) is 54.7 Å². The highest BCUT2D eigenvalue weighted by Crippen LogP contribution is 2.30. The number of hydrogen-bond acceptors (Lipinski definition) is 6. The maximum absolute atomic E-state index is 15.3. The molecule has 3 heterocycles. The number of anilines is 2. The number of halogens is 5. The molecule has 2 aromatic heterocycles. The SMILES string of the molecule is COc1ccn2nc(C)c(C(=O)NCc3ccc(N4CCN(c5ccc(OC(F)(F)F)cc5)[C@@H](C)C4)c(F)c3F)c2c1. The molecule has 8 nitrogen and oxygen atoms in total. The van der Waals surface area contributed by atoms with Gasteiger partial charge in [-0.3, -0.25) is 4.79 Å². The summed E-state index contributed by atoms with van der Waals surface area (Å²) < 4.78 is 78.5. The number of hydrogen-bond donors (Lipinski definition) is 1. The summed E-state index contributed by atoms with van der Waals surface area (Å²) in [6.45, 7) is 4.48. The third-order valence-corrected chi connectivity index (χ3v) is 7.20. The van der Waals surface area contributed by atoms with Gasteiger partial charge in [0.2, 0.25) is 0 Å². The Hall–Kier alpha value is -4.55. The van der Waals surface area contributed by atoms with Crippen LogP contribution in [0.4, 0.5) is 33.3 Å². The summed E-state index contributed by atoms with van der Waals surface area (Å²) >= 11 is 0. The molecule has 1 saturated heterocycles. The molecule has 1 atom stereocenters. The van der Waals surface area contributed by atoms with E-state index in [1.807, 2.05) is 11.8 Å². The van der Waals surface area contributed by atoms with E-state index < -0.39 is 23.9 Å². The Labute approximate surface area is 238 Å². The van der Waals surface area contributed by atoms with Gasteiger partial charge in [-0.25, -0.2) is 13.3 Å². The van der Waals surface area contributed by atoms with E-state index >= 15 is 8.78 Å². The zero-order valence-electron chi connectivity index (χ0n) is 23.0. The minimum atomic E-state index is -4.77. The second-order valence-corrected chi connectivity index (χ2v) is 9.94. The molecule has 1 N–H and O–H groups in total. The van der Waals surface area contributed by atoms with Crippen LogP contribution in [0.1, 0.15) is 28.5 Å². The lowest BCUT2D eigenvalue weighted by Gasteiger charge is -2.42. The minimum absolute atomic E-state index is 0.0100. The number of carbonyl (C=O) groups is 1. The number of nitrogens with one attached hydrogen (secondary N) is 1. The molecule has 222 valence electrons. The first-order valence-corrected chi connectivity index (χ1v) is 13.1. The van der Waals surface area contributed by atoms with Crippen molar-refractivity contribution >= 4 is 22.8 Å². The van der Waals surface area contributed by atoms with Crippen LogP contribution < -0.4 is 24.6 Å². The highest BCUT2D eigenvalue weighted by Gasteiger charge is 2.31. The zero-order chi connectivity index (χ0) is 30.2. The van der Waals surface area contributed by atoms with Gasteiger partial charge in [-0.1, -0.05) is 6.07 Å². The van der Waals surface area contributed by atoms with E-state index in [4.69, 9.17) is 4.74 Å². The van der Waals surface area contributed by atoms with Crippen molar-refractivity contribution in [2.75, 3.05) is 36.5 Å². The van der Waals surface area contributed by atoms with Crippen LogP contribution in [0.2, 0.25) is 0 Å². The van der Waals surface area contributed by atoms with Gasteiger partial charge in [-0.15, -0.1) is 13.2 Å². The van der Waals surface area contributed by atoms with Crippen LogP contribution in [0.5, 0.6) is 11.5 Å². The first kappa shape index (κ1) is 29.0. The number of fused-ring (bicyclic) bond motifs is 1. The predicted octanol–water partition coefficient (Wildman–Crippen LogP) is 5.47. The number of amides is 1. The molecule has 1 amide bonds. The molecular weight excluding hydrogens is 561 g/mol. The van der Waals surface area contributed by atoms with Crippen LogP contribution >= 0.6 is 0 Å². The van der Waals surface area contributed by atoms with Crippen LogP contribution in [0.3, 0.4) is 0 Å². The summed E-state index contributed by atoms with van der Waals surface area (Å²) in [5.41, 5.74) is 2.07. The van der Waals surface area contributed by atoms with Crippen LogP contribution in [0, 0.1) is 18.6 Å². The Morgan fingerprint density at radius 3 is 2.45 bits per heavy atom. The van der Waals surface area contributed by atoms with Crippen LogP contribution in [0.25, 0.3) is 5.52 Å². The average molecular weight is 590 g/mol. The van der Waals surface area contributed by atoms with E-state index in [0.717, 1.165) is 0 Å². The molecule has 4 aromatic rings. The van der Waals surface area contributed by atoms with E-state index in [2.05, 4.69) is 15.2 Å². The van der Waals surface area contributed by atoms with E-state index in [-0.39, 0.29) is 29.6 Å². The number of aryl methyl sites for hydroxylation is 1. The molecule has 5 rings (SSSR count). The fraction of sp³-hybridized carbons (Fsp3) is 0.310. The lowest BCUT2D eigenvalue weighted by Crippen LogP contribution is -2.52. The van der Waals surface area contributed by atoms with Gasteiger partial charge in [0.05, 0.1) is 29.6 Å². The molecule has 1 fully saturated rings. The Morgan fingerprint density at radius 2 is 1.79 bits per heavy atom. The average Bonchev–Trinajstić information content (AvgIpc) is 3.28. The number of ether oxygens (including phenoxy) is 2. The molecule has 2 aromatic carbocycles. The van der Waals surface area contributed by atoms with Gasteiger partial charge in [-0.2, -0.15) is 5.10 Å². The van der Waals surface area contributed by atoms with Crippen LogP contribution in [0.15, 0.2) is 54.7 Å². The monoisotopic (exact) mass is 589 g/mol. The molecule has 1 aliphatic rings. The maximum atomic E-state index is 15.3. The number of nitrogens with zero attached hydrogens (tertiary/aromatic N) is 4. The van der Waals surface area contributed by atoms with Crippen molar-refractivity contribution in [3.63, 3.8) is 0 Å². The fourth-order valence-corrected chi connectivity index (χ4v) is 5.18. The number of piperazine rings is 1. The van der Waals surface area contributed by atoms with Gasteiger partial charge in [-0.05, 0) is 50.2 Å². The van der Waals surface area contributed by atoms with Gasteiger partial charge in [0, 0.05) is 55.7 Å². The second kappa shape index (κ2) is 11.4. The normalized spacial score (nSPS) is 15.7. The fourth-order valence-electron chi connectivity index (χ4n) is 5.18. The zero-order valence-corrected chi connectivity index (χ0v) is 23.0. The van der Waals surface area contributed by atoms with Gasteiger partial charge in [0.1, 0.15) is 11.5 Å². The maximum Gasteiger partial charge on any atom is 0.573 e. The summed E-state index contributed by atoms with van der Waals surface area (Å²) in [5.74, 6) is -2.33. The Bertz CT molecular complexity index is 1610. The van der Waals surface area contributed by atoms with Crippen molar-refractivity contribution in [2.45, 2.75) is 32.8 Å². The Kier molecular flexibility index (Phi) is 7.85. The standard InChI is InChI=1S/C29H28F5N5O3/c1-17-16-37(12-13-38(17)20-5-7-21(8-6-20)42-29(32,33)34)23-9-4-19(26(30)27(23)31)15-35-28(40)25-18(2)36-39-11-10-22(41-3)14-24(25)39/h4-11,14,17H,12-13,15-16H2,1-3H3,(H,35,40)/t17-/m0/s1. The molecule has 13 heteroatoms. The van der Waals surface area contributed by atoms with Gasteiger partial charge in [0.25, 0.3) is 5.91 Å². The molecule has 0 unspecified atom stereocenters. The van der Waals surface area contributed by atoms with Crippen molar-refractivity contribution in [1.82, 2.24) is 14.9 Å². The molecule has 0 aliphatic carbocycles. The highest BCUT2D eigenvalue weighted by atomic mass is 19.4. The smallest absolute Gasteiger partial charge is 0.497 e. The molecule has 42 heavy (non-hydrogen) atoms. The number of methoxy groups -OCH3 is 1. The molecule has 0 spiro atoms. The first-order chi connectivity index (χ1) is 19.9. The van der Waals surface area contributed by atoms with E-state index in [9.17, 15) is 18.0 Å². The largest absolute Gasteiger partial charge is 0.573 e. The quantitative estimate of drug-likeness (QED) is 0.288. The topological polar surface area (TPSA) is 71.3 Å². The lowest BCUT2D eigenvalue weighted by atomic mass is 10.1. The number of benzene rings is 2. The minimum Gasteiger partial charge on any atom is -0.497 e. The number of aromatic nitrogens is 2. The van der Waals surface area contributed by atoms with Crippen molar-refractivity contribution in [3.8, 4) is 11.5 Å². The Morgan fingerprint density at radius 1 is 1.05 bits per heavy atom. The summed E-state index contributed by atoms with van der Waals surface area (Å²) in [4.78, 5) is 16.7.